The first-order chi connectivity index (χ1) is 9.93. The molecule has 0 saturated heterocycles. The number of hydrogen-bond donors (Lipinski definition) is 1. The van der Waals surface area contributed by atoms with Gasteiger partial charge in [-0.2, -0.15) is 0 Å². The highest BCUT2D eigenvalue weighted by Crippen LogP contribution is 2.52. The fourth-order valence-corrected chi connectivity index (χ4v) is 4.64. The molecule has 2 saturated carbocycles. The topological polar surface area (TPSA) is 86.2 Å². The van der Waals surface area contributed by atoms with Crippen molar-refractivity contribution in [2.24, 2.45) is 17.6 Å². The van der Waals surface area contributed by atoms with E-state index < -0.39 is 9.84 Å². The number of aromatic nitrogens is 1. The highest BCUT2D eigenvalue weighted by molar-refractivity contribution is 7.90. The Morgan fingerprint density at radius 1 is 1.29 bits per heavy atom. The van der Waals surface area contributed by atoms with Crippen molar-refractivity contribution in [2.75, 3.05) is 6.26 Å². The van der Waals surface area contributed by atoms with Crippen LogP contribution in [0.25, 0.3) is 11.1 Å². The third-order valence-corrected chi connectivity index (χ3v) is 6.18. The van der Waals surface area contributed by atoms with Crippen LogP contribution in [0.2, 0.25) is 0 Å². The van der Waals surface area contributed by atoms with Crippen LogP contribution in [-0.4, -0.2) is 25.7 Å². The van der Waals surface area contributed by atoms with Gasteiger partial charge in [-0.1, -0.05) is 0 Å². The van der Waals surface area contributed by atoms with Gasteiger partial charge in [0.2, 0.25) is 0 Å². The molecule has 2 fully saturated rings. The molecule has 0 amide bonds. The van der Waals surface area contributed by atoms with E-state index in [0.717, 1.165) is 0 Å². The van der Waals surface area contributed by atoms with Gasteiger partial charge in [0.15, 0.2) is 21.3 Å². The summed E-state index contributed by atoms with van der Waals surface area (Å²) in [4.78, 5) is 4.80. The molecule has 1 aromatic carbocycles. The van der Waals surface area contributed by atoms with Crippen LogP contribution in [0.15, 0.2) is 27.5 Å². The molecule has 1 heterocycles. The molecule has 4 unspecified atom stereocenters. The first-order valence-corrected chi connectivity index (χ1v) is 9.19. The zero-order valence-corrected chi connectivity index (χ0v) is 12.6. The third-order valence-electron chi connectivity index (χ3n) is 5.07. The van der Waals surface area contributed by atoms with Gasteiger partial charge in [0.05, 0.1) is 10.8 Å². The van der Waals surface area contributed by atoms with Crippen LogP contribution >= 0.6 is 0 Å². The molecule has 2 N–H and O–H groups in total. The zero-order chi connectivity index (χ0) is 14.8. The Hall–Kier alpha value is -1.40. The highest BCUT2D eigenvalue weighted by Gasteiger charge is 2.48. The molecule has 5 nitrogen and oxygen atoms in total. The van der Waals surface area contributed by atoms with E-state index in [-0.39, 0.29) is 16.9 Å². The lowest BCUT2D eigenvalue weighted by Crippen LogP contribution is -2.34. The molecule has 21 heavy (non-hydrogen) atoms. The summed E-state index contributed by atoms with van der Waals surface area (Å²) in [6.07, 6.45) is 4.76. The Morgan fingerprint density at radius 3 is 2.71 bits per heavy atom. The molecule has 2 aromatic rings. The molecule has 4 rings (SSSR count). The standard InChI is InChI=1S/C15H18N2O3S/c1-21(18,19)10-4-5-12-11(7-10)17-15(20-12)13-8-2-3-9(6-8)14(13)16/h4-5,7-9,13-14H,2-3,6,16H2,1H3. The first kappa shape index (κ1) is 13.3. The van der Waals surface area contributed by atoms with Crippen molar-refractivity contribution in [1.82, 2.24) is 4.98 Å². The largest absolute Gasteiger partial charge is 0.440 e. The van der Waals surface area contributed by atoms with E-state index >= 15 is 0 Å². The minimum atomic E-state index is -3.23. The molecular formula is C15H18N2O3S. The predicted molar refractivity (Wildman–Crippen MR) is 78.7 cm³/mol. The lowest BCUT2D eigenvalue weighted by Gasteiger charge is -2.25. The lowest BCUT2D eigenvalue weighted by molar-refractivity contribution is 0.317. The van der Waals surface area contributed by atoms with Gasteiger partial charge in [0.25, 0.3) is 0 Å². The summed E-state index contributed by atoms with van der Waals surface area (Å²) in [7, 11) is -3.23. The second-order valence-electron chi connectivity index (χ2n) is 6.39. The molecule has 112 valence electrons. The van der Waals surface area contributed by atoms with E-state index in [9.17, 15) is 8.42 Å². The minimum absolute atomic E-state index is 0.117. The maximum atomic E-state index is 11.6. The fourth-order valence-electron chi connectivity index (χ4n) is 4.00. The van der Waals surface area contributed by atoms with Crippen LogP contribution in [0.5, 0.6) is 0 Å². The van der Waals surface area contributed by atoms with Gasteiger partial charge in [-0.25, -0.2) is 13.4 Å². The van der Waals surface area contributed by atoms with E-state index in [1.807, 2.05) is 0 Å². The summed E-state index contributed by atoms with van der Waals surface area (Å²) >= 11 is 0. The summed E-state index contributed by atoms with van der Waals surface area (Å²) in [5.74, 6) is 2.00. The second-order valence-corrected chi connectivity index (χ2v) is 8.41. The van der Waals surface area contributed by atoms with Gasteiger partial charge >= 0.3 is 0 Å². The zero-order valence-electron chi connectivity index (χ0n) is 11.8. The van der Waals surface area contributed by atoms with Crippen molar-refractivity contribution < 1.29 is 12.8 Å². The second kappa shape index (κ2) is 4.30. The molecule has 0 aliphatic heterocycles. The van der Waals surface area contributed by atoms with Crippen LogP contribution in [-0.2, 0) is 9.84 Å². The van der Waals surface area contributed by atoms with Crippen LogP contribution in [0, 0.1) is 11.8 Å². The Kier molecular flexibility index (Phi) is 2.72. The van der Waals surface area contributed by atoms with Crippen LogP contribution in [0.3, 0.4) is 0 Å². The lowest BCUT2D eigenvalue weighted by atomic mass is 9.85. The van der Waals surface area contributed by atoms with E-state index in [1.54, 1.807) is 18.2 Å². The van der Waals surface area contributed by atoms with Gasteiger partial charge < -0.3 is 10.2 Å². The van der Waals surface area contributed by atoms with Crippen molar-refractivity contribution in [2.45, 2.75) is 36.1 Å². The number of hydrogen-bond acceptors (Lipinski definition) is 5. The predicted octanol–water partition coefficient (Wildman–Crippen LogP) is 2.07. The average molecular weight is 306 g/mol. The smallest absolute Gasteiger partial charge is 0.200 e. The number of nitrogens with two attached hydrogens (primary N) is 1. The van der Waals surface area contributed by atoms with Gasteiger partial charge in [-0.15, -0.1) is 0 Å². The third kappa shape index (κ3) is 2.00. The number of fused-ring (bicyclic) bond motifs is 3. The molecule has 1 aromatic heterocycles. The van der Waals surface area contributed by atoms with E-state index in [0.29, 0.717) is 28.8 Å². The molecule has 0 radical (unpaired) electrons. The van der Waals surface area contributed by atoms with Gasteiger partial charge in [-0.3, -0.25) is 0 Å². The van der Waals surface area contributed by atoms with Crippen molar-refractivity contribution in [3.8, 4) is 0 Å². The number of nitrogens with zero attached hydrogens (tertiary/aromatic N) is 1. The fraction of sp³-hybridized carbons (Fsp3) is 0.533. The minimum Gasteiger partial charge on any atom is -0.440 e. The maximum absolute atomic E-state index is 11.6. The SMILES string of the molecule is CS(=O)(=O)c1ccc2oc(C3C4CCC(C4)C3N)nc2c1. The Balaban J connectivity index is 1.78. The number of oxazole rings is 1. The summed E-state index contributed by atoms with van der Waals surface area (Å²) in [5.41, 5.74) is 7.55. The number of rotatable bonds is 2. The van der Waals surface area contributed by atoms with Crippen molar-refractivity contribution in [1.29, 1.82) is 0 Å². The molecule has 2 aliphatic rings. The Morgan fingerprint density at radius 2 is 2.05 bits per heavy atom. The summed E-state index contributed by atoms with van der Waals surface area (Å²) in [6, 6.07) is 4.94. The molecular weight excluding hydrogens is 288 g/mol. The molecule has 4 atom stereocenters. The molecule has 2 aliphatic carbocycles. The van der Waals surface area contributed by atoms with Gasteiger partial charge in [0, 0.05) is 12.3 Å². The quantitative estimate of drug-likeness (QED) is 0.918. The van der Waals surface area contributed by atoms with E-state index in [4.69, 9.17) is 10.2 Å². The summed E-state index contributed by atoms with van der Waals surface area (Å²) < 4.78 is 29.1. The normalized spacial score (nSPS) is 32.1. The Bertz CT molecular complexity index is 809. The van der Waals surface area contributed by atoms with Crippen molar-refractivity contribution in [3.05, 3.63) is 24.1 Å². The van der Waals surface area contributed by atoms with Gasteiger partial charge in [-0.05, 0) is 49.3 Å². The Labute approximate surface area is 123 Å². The molecule has 2 bridgehead atoms. The number of sulfone groups is 1. The average Bonchev–Trinajstić information content (AvgIpc) is 3.09. The molecule has 0 spiro atoms. The summed E-state index contributed by atoms with van der Waals surface area (Å²) in [6.45, 7) is 0. The van der Waals surface area contributed by atoms with Crippen LogP contribution in [0.4, 0.5) is 0 Å². The van der Waals surface area contributed by atoms with Crippen molar-refractivity contribution >= 4 is 20.9 Å². The summed E-state index contributed by atoms with van der Waals surface area (Å²) in [5, 5.41) is 0. The van der Waals surface area contributed by atoms with E-state index in [1.165, 1.54) is 25.5 Å². The van der Waals surface area contributed by atoms with Crippen LogP contribution in [0.1, 0.15) is 31.1 Å². The highest BCUT2D eigenvalue weighted by atomic mass is 32.2. The van der Waals surface area contributed by atoms with Crippen molar-refractivity contribution in [3.63, 3.8) is 0 Å². The first-order valence-electron chi connectivity index (χ1n) is 7.29. The monoisotopic (exact) mass is 306 g/mol. The number of benzene rings is 1. The van der Waals surface area contributed by atoms with Gasteiger partial charge in [0.1, 0.15) is 5.52 Å². The van der Waals surface area contributed by atoms with E-state index in [2.05, 4.69) is 4.98 Å². The maximum Gasteiger partial charge on any atom is 0.200 e. The molecule has 6 heteroatoms. The van der Waals surface area contributed by atoms with Crippen LogP contribution < -0.4 is 5.73 Å².